The van der Waals surface area contributed by atoms with Gasteiger partial charge in [-0.2, -0.15) is 0 Å². The van der Waals surface area contributed by atoms with E-state index in [1.807, 2.05) is 36.4 Å². The van der Waals surface area contributed by atoms with Crippen LogP contribution in [0.15, 0.2) is 65.5 Å². The van der Waals surface area contributed by atoms with E-state index in [9.17, 15) is 9.59 Å². The second-order valence-corrected chi connectivity index (χ2v) is 9.19. The van der Waals surface area contributed by atoms with Crippen molar-refractivity contribution in [2.45, 2.75) is 32.7 Å². The van der Waals surface area contributed by atoms with Gasteiger partial charge in [-0.05, 0) is 49.3 Å². The molecule has 0 bridgehead atoms. The van der Waals surface area contributed by atoms with Crippen molar-refractivity contribution in [1.29, 1.82) is 0 Å². The predicted molar refractivity (Wildman–Crippen MR) is 128 cm³/mol. The zero-order chi connectivity index (χ0) is 22.9. The van der Waals surface area contributed by atoms with Crippen molar-refractivity contribution in [2.75, 3.05) is 18.5 Å². The number of hydrogen-bond acceptors (Lipinski definition) is 4. The van der Waals surface area contributed by atoms with E-state index >= 15 is 0 Å². The molecule has 166 valence electrons. The van der Waals surface area contributed by atoms with Gasteiger partial charge in [0, 0.05) is 47.4 Å². The van der Waals surface area contributed by atoms with Gasteiger partial charge >= 0.3 is 0 Å². The minimum Gasteiger partial charge on any atom is -0.489 e. The average molecular weight is 440 g/mol. The third kappa shape index (κ3) is 2.86. The van der Waals surface area contributed by atoms with Gasteiger partial charge in [0.15, 0.2) is 0 Å². The molecule has 0 saturated heterocycles. The molecule has 3 aliphatic rings. The lowest BCUT2D eigenvalue weighted by atomic mass is 9.83. The molecule has 0 fully saturated rings. The maximum atomic E-state index is 13.6. The predicted octanol–water partition coefficient (Wildman–Crippen LogP) is 4.85. The molecule has 0 aliphatic carbocycles. The summed E-state index contributed by atoms with van der Waals surface area (Å²) < 4.78 is 8.37. The summed E-state index contributed by atoms with van der Waals surface area (Å²) >= 11 is 0. The Morgan fingerprint density at radius 2 is 1.97 bits per heavy atom. The number of nitrogens with zero attached hydrogens (tertiary/aromatic N) is 2. The van der Waals surface area contributed by atoms with Crippen molar-refractivity contribution in [3.8, 4) is 5.75 Å². The monoisotopic (exact) mass is 439 g/mol. The highest BCUT2D eigenvalue weighted by atomic mass is 16.5. The Balaban J connectivity index is 1.63. The lowest BCUT2D eigenvalue weighted by molar-refractivity contribution is -0.139. The first-order chi connectivity index (χ1) is 15.9. The molecular formula is C27H25N3O3. The van der Waals surface area contributed by atoms with Crippen molar-refractivity contribution >= 4 is 34.5 Å². The maximum absolute atomic E-state index is 13.6. The fourth-order valence-electron chi connectivity index (χ4n) is 5.34. The summed E-state index contributed by atoms with van der Waals surface area (Å²) in [5.74, 6) is 0.0681. The molecule has 6 heteroatoms. The third-order valence-corrected chi connectivity index (χ3v) is 6.85. The van der Waals surface area contributed by atoms with Crippen LogP contribution in [0, 0.1) is 0 Å². The standard InChI is InChI=1S/C27H25N3O3/c1-15(2)29-12-19-24(18-11-17-7-4-5-10-23(17)33-14-18)26-21(13-30(16(3)31)27(26)32)28-20-8-6-9-22(29)25(19)20/h4-12,15,24,28H,13-14H2,1-3H3. The van der Waals surface area contributed by atoms with Gasteiger partial charge < -0.3 is 14.6 Å². The largest absolute Gasteiger partial charge is 0.489 e. The summed E-state index contributed by atoms with van der Waals surface area (Å²) in [4.78, 5) is 27.2. The van der Waals surface area contributed by atoms with E-state index in [2.05, 4.69) is 42.1 Å². The van der Waals surface area contributed by atoms with Crippen LogP contribution in [0.25, 0.3) is 17.0 Å². The lowest BCUT2D eigenvalue weighted by Crippen LogP contribution is -2.33. The van der Waals surface area contributed by atoms with Crippen molar-refractivity contribution in [1.82, 2.24) is 9.47 Å². The van der Waals surface area contributed by atoms with Crippen LogP contribution in [0.1, 0.15) is 43.9 Å². The van der Waals surface area contributed by atoms with E-state index in [0.717, 1.165) is 44.7 Å². The van der Waals surface area contributed by atoms with Crippen LogP contribution in [0.2, 0.25) is 0 Å². The Bertz CT molecular complexity index is 1410. The van der Waals surface area contributed by atoms with Crippen LogP contribution in [-0.4, -0.2) is 34.4 Å². The zero-order valence-corrected chi connectivity index (χ0v) is 18.9. The smallest absolute Gasteiger partial charge is 0.259 e. The zero-order valence-electron chi connectivity index (χ0n) is 18.9. The average Bonchev–Trinajstić information content (AvgIpc) is 3.29. The first-order valence-electron chi connectivity index (χ1n) is 11.3. The number of hydrogen-bond donors (Lipinski definition) is 1. The number of carbonyl (C=O) groups excluding carboxylic acids is 2. The van der Waals surface area contributed by atoms with E-state index in [-0.39, 0.29) is 30.3 Å². The summed E-state index contributed by atoms with van der Waals surface area (Å²) in [5.41, 5.74) is 6.61. The minimum absolute atomic E-state index is 0.229. The van der Waals surface area contributed by atoms with Crippen LogP contribution in [0.5, 0.6) is 5.75 Å². The highest BCUT2D eigenvalue weighted by molar-refractivity contribution is 6.11. The molecule has 6 nitrogen and oxygen atoms in total. The maximum Gasteiger partial charge on any atom is 0.259 e. The minimum atomic E-state index is -0.302. The molecule has 33 heavy (non-hydrogen) atoms. The molecule has 0 radical (unpaired) electrons. The number of nitrogens with one attached hydrogen (secondary N) is 1. The SMILES string of the molecule is CC(=O)N1CC2=C(C1=O)C(C1=Cc3ccccc3OC1)c1cn(C(C)C)c3cccc(c13)N2. The first kappa shape index (κ1) is 19.9. The molecule has 2 aromatic carbocycles. The molecule has 6 rings (SSSR count). The van der Waals surface area contributed by atoms with Gasteiger partial charge in [-0.1, -0.05) is 24.3 Å². The normalized spacial score (nSPS) is 19.2. The highest BCUT2D eigenvalue weighted by Gasteiger charge is 2.42. The topological polar surface area (TPSA) is 63.6 Å². The van der Waals surface area contributed by atoms with Gasteiger partial charge in [-0.15, -0.1) is 0 Å². The highest BCUT2D eigenvalue weighted by Crippen LogP contribution is 2.48. The number of rotatable bonds is 2. The number of benzene rings is 2. The third-order valence-electron chi connectivity index (χ3n) is 6.85. The Labute approximate surface area is 192 Å². The first-order valence-corrected chi connectivity index (χ1v) is 11.3. The second-order valence-electron chi connectivity index (χ2n) is 9.19. The van der Waals surface area contributed by atoms with Crippen LogP contribution < -0.4 is 10.1 Å². The van der Waals surface area contributed by atoms with Crippen molar-refractivity contribution in [2.24, 2.45) is 0 Å². The van der Waals surface area contributed by atoms with Crippen molar-refractivity contribution in [3.63, 3.8) is 0 Å². The molecule has 1 N–H and O–H groups in total. The molecule has 3 aliphatic heterocycles. The number of imide groups is 1. The summed E-state index contributed by atoms with van der Waals surface area (Å²) in [7, 11) is 0. The molecule has 0 saturated carbocycles. The second kappa shape index (κ2) is 7.10. The quantitative estimate of drug-likeness (QED) is 0.620. The Morgan fingerprint density at radius 3 is 2.76 bits per heavy atom. The van der Waals surface area contributed by atoms with E-state index < -0.39 is 0 Å². The van der Waals surface area contributed by atoms with Crippen molar-refractivity contribution < 1.29 is 14.3 Å². The molecular weight excluding hydrogens is 414 g/mol. The Morgan fingerprint density at radius 1 is 1.15 bits per heavy atom. The molecule has 3 aromatic rings. The fourth-order valence-corrected chi connectivity index (χ4v) is 5.34. The molecule has 1 aromatic heterocycles. The van der Waals surface area contributed by atoms with E-state index in [0.29, 0.717) is 12.2 Å². The number of aromatic nitrogens is 1. The van der Waals surface area contributed by atoms with Gasteiger partial charge in [0.2, 0.25) is 5.91 Å². The van der Waals surface area contributed by atoms with Gasteiger partial charge in [0.25, 0.3) is 5.91 Å². The van der Waals surface area contributed by atoms with E-state index in [1.165, 1.54) is 11.8 Å². The number of carbonyl (C=O) groups is 2. The molecule has 4 heterocycles. The van der Waals surface area contributed by atoms with Gasteiger partial charge in [-0.25, -0.2) is 0 Å². The summed E-state index contributed by atoms with van der Waals surface area (Å²) in [6, 6.07) is 14.4. The Hall–Kier alpha value is -3.80. The van der Waals surface area contributed by atoms with E-state index in [4.69, 9.17) is 4.74 Å². The van der Waals surface area contributed by atoms with Crippen LogP contribution in [0.3, 0.4) is 0 Å². The molecule has 0 spiro atoms. The Kier molecular flexibility index (Phi) is 4.27. The number of amides is 2. The number of ether oxygens (including phenoxy) is 1. The summed E-state index contributed by atoms with van der Waals surface area (Å²) in [6.45, 7) is 6.41. The summed E-state index contributed by atoms with van der Waals surface area (Å²) in [5, 5.41) is 4.64. The number of anilines is 1. The van der Waals surface area contributed by atoms with Crippen LogP contribution >= 0.6 is 0 Å². The molecule has 1 atom stereocenters. The van der Waals surface area contributed by atoms with Gasteiger partial charge in [-0.3, -0.25) is 14.5 Å². The van der Waals surface area contributed by atoms with Gasteiger partial charge in [0.05, 0.1) is 17.6 Å². The number of fused-ring (bicyclic) bond motifs is 1. The molecule has 1 unspecified atom stereocenters. The fraction of sp³-hybridized carbons (Fsp3) is 0.259. The van der Waals surface area contributed by atoms with Crippen LogP contribution in [0.4, 0.5) is 5.69 Å². The molecule has 2 amide bonds. The van der Waals surface area contributed by atoms with Crippen LogP contribution in [-0.2, 0) is 9.59 Å². The number of para-hydroxylation sites is 1. The van der Waals surface area contributed by atoms with Gasteiger partial charge in [0.1, 0.15) is 12.4 Å². The summed E-state index contributed by atoms with van der Waals surface area (Å²) in [6.07, 6.45) is 4.32. The van der Waals surface area contributed by atoms with Crippen molar-refractivity contribution in [3.05, 3.63) is 76.6 Å². The lowest BCUT2D eigenvalue weighted by Gasteiger charge is -2.26. The van der Waals surface area contributed by atoms with E-state index in [1.54, 1.807) is 0 Å².